The third-order valence-electron chi connectivity index (χ3n) is 1.95. The number of hydrogen-bond acceptors (Lipinski definition) is 3. The highest BCUT2D eigenvalue weighted by molar-refractivity contribution is 7.70. The van der Waals surface area contributed by atoms with E-state index in [4.69, 9.17) is 19.6 Å². The standard InChI is InChI=1S/C7H12O6P2S/c1-5-2-6(16-4-5)3-7(14(8,9)10)15(11,12)13/h2,4,7H,3H2,1H3,(H2,8,9,10)(H2,11,12,13). The van der Waals surface area contributed by atoms with E-state index in [1.165, 1.54) is 11.3 Å². The Morgan fingerprint density at radius 3 is 2.06 bits per heavy atom. The fraction of sp³-hybridized carbons (Fsp3) is 0.429. The van der Waals surface area contributed by atoms with Gasteiger partial charge in [-0.2, -0.15) is 0 Å². The SMILES string of the molecule is Cc1csc(CC(P(=O)(O)O)P(=O)(O)O)c1. The first kappa shape index (κ1) is 14.1. The smallest absolute Gasteiger partial charge is 0.324 e. The zero-order chi connectivity index (χ0) is 12.6. The third-order valence-corrected chi connectivity index (χ3v) is 6.75. The van der Waals surface area contributed by atoms with Crippen LogP contribution < -0.4 is 0 Å². The third kappa shape index (κ3) is 3.79. The molecule has 16 heavy (non-hydrogen) atoms. The van der Waals surface area contributed by atoms with Crippen LogP contribution in [0.15, 0.2) is 11.4 Å². The van der Waals surface area contributed by atoms with Crippen molar-refractivity contribution in [2.75, 3.05) is 0 Å². The van der Waals surface area contributed by atoms with Gasteiger partial charge < -0.3 is 19.6 Å². The lowest BCUT2D eigenvalue weighted by Gasteiger charge is -2.18. The van der Waals surface area contributed by atoms with Crippen LogP contribution in [0, 0.1) is 6.92 Å². The average molecular weight is 286 g/mol. The van der Waals surface area contributed by atoms with Crippen molar-refractivity contribution in [3.8, 4) is 0 Å². The van der Waals surface area contributed by atoms with Crippen LogP contribution in [0.25, 0.3) is 0 Å². The molecule has 0 aliphatic rings. The summed E-state index contributed by atoms with van der Waals surface area (Å²) >= 11 is 1.22. The summed E-state index contributed by atoms with van der Waals surface area (Å²) in [4.78, 5) is 36.2. The van der Waals surface area contributed by atoms with Gasteiger partial charge in [-0.05, 0) is 23.9 Å². The summed E-state index contributed by atoms with van der Waals surface area (Å²) in [6, 6.07) is 1.66. The van der Waals surface area contributed by atoms with Crippen molar-refractivity contribution >= 4 is 26.5 Å². The second-order valence-corrected chi connectivity index (χ2v) is 8.46. The van der Waals surface area contributed by atoms with E-state index in [1.807, 2.05) is 0 Å². The van der Waals surface area contributed by atoms with Gasteiger partial charge in [0, 0.05) is 11.3 Å². The van der Waals surface area contributed by atoms with E-state index >= 15 is 0 Å². The first-order chi connectivity index (χ1) is 7.10. The Kier molecular flexibility index (Phi) is 4.13. The van der Waals surface area contributed by atoms with Crippen molar-refractivity contribution in [2.24, 2.45) is 0 Å². The number of thiophene rings is 1. The molecule has 0 fully saturated rings. The lowest BCUT2D eigenvalue weighted by molar-refractivity contribution is 0.338. The monoisotopic (exact) mass is 286 g/mol. The van der Waals surface area contributed by atoms with Crippen LogP contribution in [-0.4, -0.2) is 25.0 Å². The van der Waals surface area contributed by atoms with Crippen molar-refractivity contribution in [1.82, 2.24) is 0 Å². The van der Waals surface area contributed by atoms with E-state index in [9.17, 15) is 9.13 Å². The Labute approximate surface area is 96.3 Å². The van der Waals surface area contributed by atoms with E-state index in [0.717, 1.165) is 5.56 Å². The summed E-state index contributed by atoms with van der Waals surface area (Å²) in [6.45, 7) is 1.80. The Balaban J connectivity index is 2.97. The van der Waals surface area contributed by atoms with Gasteiger partial charge in [-0.1, -0.05) is 0 Å². The molecular weight excluding hydrogens is 274 g/mol. The van der Waals surface area contributed by atoms with Crippen molar-refractivity contribution < 1.29 is 28.7 Å². The molecule has 92 valence electrons. The minimum atomic E-state index is -4.81. The number of rotatable bonds is 4. The Hall–Kier alpha value is -0.0000000000000000555. The van der Waals surface area contributed by atoms with Crippen LogP contribution in [0.5, 0.6) is 0 Å². The molecule has 0 saturated heterocycles. The highest BCUT2D eigenvalue weighted by atomic mass is 32.1. The minimum Gasteiger partial charge on any atom is -0.324 e. The lowest BCUT2D eigenvalue weighted by atomic mass is 10.3. The molecule has 0 spiro atoms. The first-order valence-electron chi connectivity index (χ1n) is 4.25. The van der Waals surface area contributed by atoms with Crippen molar-refractivity contribution in [3.63, 3.8) is 0 Å². The second-order valence-electron chi connectivity index (χ2n) is 3.45. The van der Waals surface area contributed by atoms with Gasteiger partial charge in [-0.15, -0.1) is 11.3 Å². The Bertz CT molecular complexity index is 435. The molecule has 6 nitrogen and oxygen atoms in total. The maximum absolute atomic E-state index is 11.0. The maximum atomic E-state index is 11.0. The molecule has 1 heterocycles. The highest BCUT2D eigenvalue weighted by Crippen LogP contribution is 2.61. The van der Waals surface area contributed by atoms with Crippen LogP contribution in [-0.2, 0) is 15.6 Å². The zero-order valence-corrected chi connectivity index (χ0v) is 11.0. The molecule has 0 amide bonds. The average Bonchev–Trinajstić information content (AvgIpc) is 2.43. The molecule has 1 aromatic heterocycles. The van der Waals surface area contributed by atoms with Crippen LogP contribution in [0.1, 0.15) is 10.4 Å². The van der Waals surface area contributed by atoms with E-state index < -0.39 is 20.6 Å². The molecular formula is C7H12O6P2S. The zero-order valence-electron chi connectivity index (χ0n) is 8.35. The summed E-state index contributed by atoms with van der Waals surface area (Å²) in [6.07, 6.45) is -0.312. The first-order valence-corrected chi connectivity index (χ1v) is 8.49. The molecule has 0 atom stereocenters. The van der Waals surface area contributed by atoms with Crippen molar-refractivity contribution in [1.29, 1.82) is 0 Å². The molecule has 1 rings (SSSR count). The van der Waals surface area contributed by atoms with Crippen LogP contribution >= 0.6 is 26.5 Å². The second kappa shape index (κ2) is 4.70. The van der Waals surface area contributed by atoms with Gasteiger partial charge in [0.1, 0.15) is 0 Å². The van der Waals surface area contributed by atoms with Gasteiger partial charge in [-0.25, -0.2) is 0 Å². The van der Waals surface area contributed by atoms with E-state index in [-0.39, 0.29) is 6.42 Å². The molecule has 0 aliphatic carbocycles. The summed E-state index contributed by atoms with van der Waals surface area (Å²) in [5.41, 5.74) is 0.898. The minimum absolute atomic E-state index is 0.312. The van der Waals surface area contributed by atoms with Gasteiger partial charge in [0.25, 0.3) is 0 Å². The normalized spacial score (nSPS) is 13.4. The fourth-order valence-corrected chi connectivity index (χ4v) is 4.82. The van der Waals surface area contributed by atoms with E-state index in [0.29, 0.717) is 4.88 Å². The van der Waals surface area contributed by atoms with Gasteiger partial charge in [0.15, 0.2) is 5.40 Å². The molecule has 0 aromatic carbocycles. The molecule has 1 aromatic rings. The molecule has 9 heteroatoms. The largest absolute Gasteiger partial charge is 0.341 e. The summed E-state index contributed by atoms with van der Waals surface area (Å²) in [5.74, 6) is 0. The van der Waals surface area contributed by atoms with Gasteiger partial charge in [-0.3, -0.25) is 9.13 Å². The molecule has 0 bridgehead atoms. The topological polar surface area (TPSA) is 115 Å². The van der Waals surface area contributed by atoms with Crippen LogP contribution in [0.3, 0.4) is 0 Å². The predicted molar refractivity (Wildman–Crippen MR) is 60.6 cm³/mol. The lowest BCUT2D eigenvalue weighted by Crippen LogP contribution is -2.11. The highest BCUT2D eigenvalue weighted by Gasteiger charge is 2.43. The Morgan fingerprint density at radius 1 is 1.25 bits per heavy atom. The van der Waals surface area contributed by atoms with Crippen molar-refractivity contribution in [3.05, 3.63) is 21.9 Å². The van der Waals surface area contributed by atoms with Crippen LogP contribution in [0.4, 0.5) is 0 Å². The van der Waals surface area contributed by atoms with Gasteiger partial charge in [0.2, 0.25) is 0 Å². The molecule has 0 aliphatic heterocycles. The van der Waals surface area contributed by atoms with E-state index in [1.54, 1.807) is 18.4 Å². The summed E-state index contributed by atoms with van der Waals surface area (Å²) < 4.78 is 22.0. The molecule has 0 unspecified atom stereocenters. The maximum Gasteiger partial charge on any atom is 0.341 e. The number of aryl methyl sites for hydroxylation is 1. The molecule has 0 radical (unpaired) electrons. The predicted octanol–water partition coefficient (Wildman–Crippen LogP) is 1.28. The fourth-order valence-electron chi connectivity index (χ4n) is 1.21. The molecule has 0 saturated carbocycles. The van der Waals surface area contributed by atoms with Gasteiger partial charge >= 0.3 is 15.2 Å². The quantitative estimate of drug-likeness (QED) is 0.620. The Morgan fingerprint density at radius 2 is 1.75 bits per heavy atom. The van der Waals surface area contributed by atoms with E-state index in [2.05, 4.69) is 0 Å². The van der Waals surface area contributed by atoms with Crippen molar-refractivity contribution in [2.45, 2.75) is 18.7 Å². The molecule has 4 N–H and O–H groups in total. The summed E-state index contributed by atoms with van der Waals surface area (Å²) in [7, 11) is -9.62. The summed E-state index contributed by atoms with van der Waals surface area (Å²) in [5, 5.41) is -0.191. The van der Waals surface area contributed by atoms with Gasteiger partial charge in [0.05, 0.1) is 0 Å². The number of hydrogen-bond donors (Lipinski definition) is 4. The van der Waals surface area contributed by atoms with Crippen LogP contribution in [0.2, 0.25) is 0 Å².